The third-order valence-electron chi connectivity index (χ3n) is 5.21. The number of aromatic nitrogens is 3. The Morgan fingerprint density at radius 1 is 1.17 bits per heavy atom. The third-order valence-corrected chi connectivity index (χ3v) is 5.21. The molecule has 0 radical (unpaired) electrons. The number of carbonyl (C=O) groups is 2. The number of carbonyl (C=O) groups excluding carboxylic acids is 2. The minimum Gasteiger partial charge on any atom is -0.352 e. The first-order valence-electron chi connectivity index (χ1n) is 9.97. The van der Waals surface area contributed by atoms with Gasteiger partial charge in [0, 0.05) is 37.3 Å². The molecule has 0 aliphatic heterocycles. The molecule has 7 nitrogen and oxygen atoms in total. The summed E-state index contributed by atoms with van der Waals surface area (Å²) in [5.41, 5.74) is 4.57. The number of rotatable bonds is 6. The first-order valence-corrected chi connectivity index (χ1v) is 9.97. The second-order valence-corrected chi connectivity index (χ2v) is 7.52. The lowest BCUT2D eigenvalue weighted by Gasteiger charge is -2.10. The SMILES string of the molecule is CCNC(=O)c1cccc(CNC(=O)c2cc(C3CC3)nc3c2c(C)nn3C)c1. The van der Waals surface area contributed by atoms with Crippen molar-refractivity contribution in [1.82, 2.24) is 25.4 Å². The van der Waals surface area contributed by atoms with Crippen LogP contribution in [-0.4, -0.2) is 33.1 Å². The molecule has 0 unspecified atom stereocenters. The maximum Gasteiger partial charge on any atom is 0.252 e. The van der Waals surface area contributed by atoms with Gasteiger partial charge in [0.1, 0.15) is 0 Å². The van der Waals surface area contributed by atoms with Gasteiger partial charge in [0.15, 0.2) is 5.65 Å². The van der Waals surface area contributed by atoms with Crippen LogP contribution in [0.2, 0.25) is 0 Å². The highest BCUT2D eigenvalue weighted by atomic mass is 16.2. The Labute approximate surface area is 169 Å². The summed E-state index contributed by atoms with van der Waals surface area (Å²) in [7, 11) is 1.85. The number of nitrogens with zero attached hydrogens (tertiary/aromatic N) is 3. The topological polar surface area (TPSA) is 88.9 Å². The van der Waals surface area contributed by atoms with Gasteiger partial charge in [-0.05, 0) is 50.5 Å². The second kappa shape index (κ2) is 7.66. The van der Waals surface area contributed by atoms with Crippen LogP contribution in [0.5, 0.6) is 0 Å². The summed E-state index contributed by atoms with van der Waals surface area (Å²) >= 11 is 0. The summed E-state index contributed by atoms with van der Waals surface area (Å²) in [4.78, 5) is 29.8. The minimum absolute atomic E-state index is 0.114. The first-order chi connectivity index (χ1) is 14.0. The van der Waals surface area contributed by atoms with Gasteiger partial charge in [-0.25, -0.2) is 4.98 Å². The molecule has 1 fully saturated rings. The highest BCUT2D eigenvalue weighted by Gasteiger charge is 2.28. The number of amides is 2. The van der Waals surface area contributed by atoms with Crippen molar-refractivity contribution in [2.75, 3.05) is 6.54 Å². The summed E-state index contributed by atoms with van der Waals surface area (Å²) in [6, 6.07) is 9.21. The van der Waals surface area contributed by atoms with E-state index in [2.05, 4.69) is 15.7 Å². The zero-order valence-corrected chi connectivity index (χ0v) is 17.0. The summed E-state index contributed by atoms with van der Waals surface area (Å²) in [6.07, 6.45) is 2.23. The van der Waals surface area contributed by atoms with Gasteiger partial charge in [-0.1, -0.05) is 12.1 Å². The molecule has 0 bridgehead atoms. The van der Waals surface area contributed by atoms with E-state index in [9.17, 15) is 9.59 Å². The van der Waals surface area contributed by atoms with Crippen LogP contribution in [-0.2, 0) is 13.6 Å². The number of hydrogen-bond acceptors (Lipinski definition) is 4. The van der Waals surface area contributed by atoms with Gasteiger partial charge >= 0.3 is 0 Å². The molecular weight excluding hydrogens is 366 g/mol. The molecule has 0 spiro atoms. The van der Waals surface area contributed by atoms with Crippen molar-refractivity contribution >= 4 is 22.8 Å². The fourth-order valence-corrected chi connectivity index (χ4v) is 3.59. The van der Waals surface area contributed by atoms with Gasteiger partial charge in [0.25, 0.3) is 11.8 Å². The number of aryl methyl sites for hydroxylation is 2. The molecule has 1 aliphatic rings. The van der Waals surface area contributed by atoms with Crippen LogP contribution in [0.1, 0.15) is 63.4 Å². The molecule has 1 aromatic carbocycles. The van der Waals surface area contributed by atoms with E-state index in [1.54, 1.807) is 16.8 Å². The molecular formula is C22H25N5O2. The fraction of sp³-hybridized carbons (Fsp3) is 0.364. The van der Waals surface area contributed by atoms with E-state index in [0.29, 0.717) is 30.1 Å². The molecule has 4 rings (SSSR count). The molecule has 7 heteroatoms. The van der Waals surface area contributed by atoms with Crippen molar-refractivity contribution in [3.8, 4) is 0 Å². The van der Waals surface area contributed by atoms with E-state index in [1.807, 2.05) is 39.1 Å². The maximum atomic E-state index is 13.1. The Hall–Kier alpha value is -3.22. The summed E-state index contributed by atoms with van der Waals surface area (Å²) in [5.74, 6) is 0.172. The van der Waals surface area contributed by atoms with Crippen LogP contribution < -0.4 is 10.6 Å². The molecule has 2 N–H and O–H groups in total. The quantitative estimate of drug-likeness (QED) is 0.676. The van der Waals surface area contributed by atoms with Crippen LogP contribution in [0.3, 0.4) is 0 Å². The average molecular weight is 391 g/mol. The van der Waals surface area contributed by atoms with E-state index < -0.39 is 0 Å². The predicted octanol–water partition coefficient (Wildman–Crippen LogP) is 2.83. The van der Waals surface area contributed by atoms with Gasteiger partial charge in [0.05, 0.1) is 16.6 Å². The highest BCUT2D eigenvalue weighted by Crippen LogP contribution is 2.40. The molecule has 0 atom stereocenters. The van der Waals surface area contributed by atoms with Crippen LogP contribution in [0.15, 0.2) is 30.3 Å². The Kier molecular flexibility index (Phi) is 5.05. The number of nitrogens with one attached hydrogen (secondary N) is 2. The number of fused-ring (bicyclic) bond motifs is 1. The average Bonchev–Trinajstić information content (AvgIpc) is 3.52. The number of hydrogen-bond donors (Lipinski definition) is 2. The largest absolute Gasteiger partial charge is 0.352 e. The minimum atomic E-state index is -0.154. The first kappa shape index (κ1) is 19.1. The van der Waals surface area contributed by atoms with E-state index >= 15 is 0 Å². The van der Waals surface area contributed by atoms with E-state index in [0.717, 1.165) is 40.8 Å². The predicted molar refractivity (Wildman–Crippen MR) is 111 cm³/mol. The van der Waals surface area contributed by atoms with Gasteiger partial charge in [-0.3, -0.25) is 14.3 Å². The van der Waals surface area contributed by atoms with Crippen molar-refractivity contribution < 1.29 is 9.59 Å². The van der Waals surface area contributed by atoms with Gasteiger partial charge in [-0.15, -0.1) is 0 Å². The number of benzene rings is 1. The highest BCUT2D eigenvalue weighted by molar-refractivity contribution is 6.06. The molecule has 1 saturated carbocycles. The summed E-state index contributed by atoms with van der Waals surface area (Å²) in [5, 5.41) is 11.0. The maximum absolute atomic E-state index is 13.1. The molecule has 3 aromatic rings. The Morgan fingerprint density at radius 2 is 1.97 bits per heavy atom. The molecule has 2 amide bonds. The summed E-state index contributed by atoms with van der Waals surface area (Å²) in [6.45, 7) is 4.70. The van der Waals surface area contributed by atoms with Crippen molar-refractivity contribution in [3.63, 3.8) is 0 Å². The zero-order chi connectivity index (χ0) is 20.5. The van der Waals surface area contributed by atoms with Crippen LogP contribution in [0.4, 0.5) is 0 Å². The lowest BCUT2D eigenvalue weighted by molar-refractivity contribution is 0.0948. The second-order valence-electron chi connectivity index (χ2n) is 7.52. The van der Waals surface area contributed by atoms with Gasteiger partial charge < -0.3 is 10.6 Å². The molecule has 29 heavy (non-hydrogen) atoms. The Morgan fingerprint density at radius 3 is 2.69 bits per heavy atom. The van der Waals surface area contributed by atoms with E-state index in [-0.39, 0.29) is 11.8 Å². The number of pyridine rings is 1. The molecule has 0 saturated heterocycles. The lowest BCUT2D eigenvalue weighted by atomic mass is 10.1. The van der Waals surface area contributed by atoms with E-state index in [4.69, 9.17) is 4.98 Å². The normalized spacial score (nSPS) is 13.5. The molecule has 150 valence electrons. The van der Waals surface area contributed by atoms with Gasteiger partial charge in [0.2, 0.25) is 0 Å². The third kappa shape index (κ3) is 3.85. The Balaban J connectivity index is 1.58. The monoisotopic (exact) mass is 391 g/mol. The lowest BCUT2D eigenvalue weighted by Crippen LogP contribution is -2.25. The summed E-state index contributed by atoms with van der Waals surface area (Å²) < 4.78 is 1.74. The molecule has 2 heterocycles. The smallest absolute Gasteiger partial charge is 0.252 e. The van der Waals surface area contributed by atoms with Crippen molar-refractivity contribution in [2.45, 2.75) is 39.2 Å². The van der Waals surface area contributed by atoms with Crippen LogP contribution in [0.25, 0.3) is 11.0 Å². The molecule has 2 aromatic heterocycles. The fourth-order valence-electron chi connectivity index (χ4n) is 3.59. The zero-order valence-electron chi connectivity index (χ0n) is 17.0. The standard InChI is InChI=1S/C22H25N5O2/c1-4-23-21(28)16-7-5-6-14(10-16)12-24-22(29)17-11-18(15-8-9-15)25-20-19(17)13(2)26-27(20)3/h5-7,10-11,15H,4,8-9,12H2,1-3H3,(H,23,28)(H,24,29). The van der Waals surface area contributed by atoms with Gasteiger partial charge in [-0.2, -0.15) is 5.10 Å². The van der Waals surface area contributed by atoms with Crippen molar-refractivity contribution in [2.24, 2.45) is 7.05 Å². The van der Waals surface area contributed by atoms with Crippen LogP contribution in [0, 0.1) is 6.92 Å². The van der Waals surface area contributed by atoms with Crippen molar-refractivity contribution in [1.29, 1.82) is 0 Å². The molecule has 1 aliphatic carbocycles. The van der Waals surface area contributed by atoms with Crippen LogP contribution >= 0.6 is 0 Å². The Bertz CT molecular complexity index is 1100. The van der Waals surface area contributed by atoms with Crippen molar-refractivity contribution in [3.05, 3.63) is 58.4 Å². The van der Waals surface area contributed by atoms with E-state index in [1.165, 1.54) is 0 Å².